The van der Waals surface area contributed by atoms with Gasteiger partial charge in [0.25, 0.3) is 0 Å². The maximum absolute atomic E-state index is 6.29. The smallest absolute Gasteiger partial charge is 0.123 e. The van der Waals surface area contributed by atoms with E-state index in [4.69, 9.17) is 10.5 Å². The zero-order valence-corrected chi connectivity index (χ0v) is 12.4. The third kappa shape index (κ3) is 3.20. The Labute approximate surface area is 120 Å². The lowest BCUT2D eigenvalue weighted by molar-refractivity contribution is 0.405. The van der Waals surface area contributed by atoms with Crippen molar-refractivity contribution in [3.05, 3.63) is 47.8 Å². The molecule has 1 heterocycles. The number of rotatable bonds is 6. The van der Waals surface area contributed by atoms with Crippen LogP contribution in [-0.2, 0) is 6.42 Å². The molecule has 0 spiro atoms. The molecule has 2 N–H and O–H groups in total. The van der Waals surface area contributed by atoms with Gasteiger partial charge in [-0.3, -0.25) is 4.68 Å². The highest BCUT2D eigenvalue weighted by Gasteiger charge is 2.14. The van der Waals surface area contributed by atoms with E-state index in [1.54, 1.807) is 7.11 Å². The highest BCUT2D eigenvalue weighted by molar-refractivity contribution is 5.36. The lowest BCUT2D eigenvalue weighted by Gasteiger charge is -2.14. The van der Waals surface area contributed by atoms with E-state index in [0.29, 0.717) is 12.5 Å². The van der Waals surface area contributed by atoms with Crippen LogP contribution in [0.2, 0.25) is 0 Å². The molecule has 2 unspecified atom stereocenters. The number of ether oxygens (including phenoxy) is 1. The fraction of sp³-hybridized carbons (Fsp3) is 0.438. The molecule has 0 fully saturated rings. The molecule has 2 atom stereocenters. The molecule has 0 aliphatic heterocycles. The second kappa shape index (κ2) is 6.57. The molecule has 2 aromatic rings. The van der Waals surface area contributed by atoms with Crippen LogP contribution in [0.3, 0.4) is 0 Å². The molecule has 0 radical (unpaired) electrons. The first-order chi connectivity index (χ1) is 9.65. The maximum Gasteiger partial charge on any atom is 0.123 e. The van der Waals surface area contributed by atoms with E-state index < -0.39 is 0 Å². The van der Waals surface area contributed by atoms with E-state index in [1.807, 2.05) is 41.2 Å². The van der Waals surface area contributed by atoms with Gasteiger partial charge in [-0.05, 0) is 25.5 Å². The minimum absolute atomic E-state index is 0.105. The average molecular weight is 273 g/mol. The van der Waals surface area contributed by atoms with Gasteiger partial charge in [0, 0.05) is 30.3 Å². The van der Waals surface area contributed by atoms with Gasteiger partial charge >= 0.3 is 0 Å². The van der Waals surface area contributed by atoms with Crippen molar-refractivity contribution in [1.29, 1.82) is 0 Å². The topological polar surface area (TPSA) is 53.1 Å². The summed E-state index contributed by atoms with van der Waals surface area (Å²) in [5.41, 5.74) is 8.33. The second-order valence-electron chi connectivity index (χ2n) is 5.10. The largest absolute Gasteiger partial charge is 0.496 e. The maximum atomic E-state index is 6.29. The van der Waals surface area contributed by atoms with Crippen molar-refractivity contribution in [2.45, 2.75) is 38.8 Å². The SMILES string of the molecule is CCC(C)n1ccc(CC(N)c2ccccc2OC)n1. The molecule has 20 heavy (non-hydrogen) atoms. The summed E-state index contributed by atoms with van der Waals surface area (Å²) in [6.45, 7) is 4.32. The van der Waals surface area contributed by atoms with E-state index >= 15 is 0 Å². The number of benzene rings is 1. The number of para-hydroxylation sites is 1. The summed E-state index contributed by atoms with van der Waals surface area (Å²) in [5.74, 6) is 0.835. The van der Waals surface area contributed by atoms with Crippen LogP contribution in [0.5, 0.6) is 5.75 Å². The molecule has 108 valence electrons. The lowest BCUT2D eigenvalue weighted by Crippen LogP contribution is -2.15. The Bertz CT molecular complexity index is 550. The van der Waals surface area contributed by atoms with Gasteiger partial charge in [0.1, 0.15) is 5.75 Å². The zero-order chi connectivity index (χ0) is 14.5. The van der Waals surface area contributed by atoms with Crippen LogP contribution in [0.1, 0.15) is 43.6 Å². The third-order valence-corrected chi connectivity index (χ3v) is 3.67. The summed E-state index contributed by atoms with van der Waals surface area (Å²) >= 11 is 0. The summed E-state index contributed by atoms with van der Waals surface area (Å²) < 4.78 is 7.36. The summed E-state index contributed by atoms with van der Waals surface area (Å²) in [6, 6.07) is 10.2. The van der Waals surface area contributed by atoms with E-state index in [0.717, 1.165) is 23.4 Å². The predicted molar refractivity (Wildman–Crippen MR) is 80.9 cm³/mol. The number of nitrogens with zero attached hydrogens (tertiary/aromatic N) is 2. The quantitative estimate of drug-likeness (QED) is 0.880. The fourth-order valence-electron chi connectivity index (χ4n) is 2.23. The van der Waals surface area contributed by atoms with Crippen molar-refractivity contribution in [2.24, 2.45) is 5.73 Å². The Hall–Kier alpha value is -1.81. The second-order valence-corrected chi connectivity index (χ2v) is 5.10. The van der Waals surface area contributed by atoms with E-state index in [1.165, 1.54) is 0 Å². The van der Waals surface area contributed by atoms with Crippen molar-refractivity contribution in [2.75, 3.05) is 7.11 Å². The Morgan fingerprint density at radius 1 is 1.30 bits per heavy atom. The van der Waals surface area contributed by atoms with Crippen molar-refractivity contribution < 1.29 is 4.74 Å². The first-order valence-corrected chi connectivity index (χ1v) is 7.08. The Morgan fingerprint density at radius 3 is 2.75 bits per heavy atom. The summed E-state index contributed by atoms with van der Waals surface area (Å²) in [7, 11) is 1.67. The molecule has 0 aliphatic carbocycles. The monoisotopic (exact) mass is 273 g/mol. The van der Waals surface area contributed by atoms with Crippen LogP contribution >= 0.6 is 0 Å². The van der Waals surface area contributed by atoms with Crippen LogP contribution in [0, 0.1) is 0 Å². The molecule has 0 saturated heterocycles. The van der Waals surface area contributed by atoms with Crippen LogP contribution < -0.4 is 10.5 Å². The Balaban J connectivity index is 2.11. The normalized spacial score (nSPS) is 14.0. The van der Waals surface area contributed by atoms with Crippen LogP contribution in [-0.4, -0.2) is 16.9 Å². The third-order valence-electron chi connectivity index (χ3n) is 3.67. The summed E-state index contributed by atoms with van der Waals surface area (Å²) in [5, 5.41) is 4.60. The molecular formula is C16H23N3O. The van der Waals surface area contributed by atoms with E-state index in [9.17, 15) is 0 Å². The highest BCUT2D eigenvalue weighted by atomic mass is 16.5. The lowest BCUT2D eigenvalue weighted by atomic mass is 10.0. The predicted octanol–water partition coefficient (Wildman–Crippen LogP) is 3.11. The van der Waals surface area contributed by atoms with Crippen molar-refractivity contribution >= 4 is 0 Å². The summed E-state index contributed by atoms with van der Waals surface area (Å²) in [4.78, 5) is 0. The van der Waals surface area contributed by atoms with Gasteiger partial charge in [-0.1, -0.05) is 25.1 Å². The van der Waals surface area contributed by atoms with Crippen molar-refractivity contribution in [3.8, 4) is 5.75 Å². The average Bonchev–Trinajstić information content (AvgIpc) is 2.94. The van der Waals surface area contributed by atoms with Gasteiger partial charge < -0.3 is 10.5 Å². The first kappa shape index (κ1) is 14.6. The van der Waals surface area contributed by atoms with Gasteiger partial charge in [0.2, 0.25) is 0 Å². The van der Waals surface area contributed by atoms with Gasteiger partial charge in [0.15, 0.2) is 0 Å². The minimum Gasteiger partial charge on any atom is -0.496 e. The van der Waals surface area contributed by atoms with Crippen molar-refractivity contribution in [3.63, 3.8) is 0 Å². The van der Waals surface area contributed by atoms with Crippen LogP contribution in [0.25, 0.3) is 0 Å². The summed E-state index contributed by atoms with van der Waals surface area (Å²) in [6.07, 6.45) is 3.81. The van der Waals surface area contributed by atoms with Crippen LogP contribution in [0.15, 0.2) is 36.5 Å². The van der Waals surface area contributed by atoms with Crippen LogP contribution in [0.4, 0.5) is 0 Å². The standard InChI is InChI=1S/C16H23N3O/c1-4-12(2)19-10-9-13(18-19)11-15(17)14-7-5-6-8-16(14)20-3/h5-10,12,15H,4,11,17H2,1-3H3. The number of hydrogen-bond acceptors (Lipinski definition) is 3. The Morgan fingerprint density at radius 2 is 2.05 bits per heavy atom. The zero-order valence-electron chi connectivity index (χ0n) is 12.4. The number of methoxy groups -OCH3 is 1. The molecule has 4 nitrogen and oxygen atoms in total. The van der Waals surface area contributed by atoms with E-state index in [-0.39, 0.29) is 6.04 Å². The first-order valence-electron chi connectivity index (χ1n) is 7.08. The molecule has 2 rings (SSSR count). The minimum atomic E-state index is -0.105. The molecule has 1 aromatic heterocycles. The molecule has 0 amide bonds. The fourth-order valence-corrected chi connectivity index (χ4v) is 2.23. The number of aromatic nitrogens is 2. The molecule has 0 aliphatic rings. The van der Waals surface area contributed by atoms with Gasteiger partial charge in [-0.25, -0.2) is 0 Å². The van der Waals surface area contributed by atoms with Gasteiger partial charge in [-0.15, -0.1) is 0 Å². The number of hydrogen-bond donors (Lipinski definition) is 1. The van der Waals surface area contributed by atoms with Gasteiger partial charge in [0.05, 0.1) is 12.8 Å². The molecular weight excluding hydrogens is 250 g/mol. The van der Waals surface area contributed by atoms with Gasteiger partial charge in [-0.2, -0.15) is 5.10 Å². The highest BCUT2D eigenvalue weighted by Crippen LogP contribution is 2.25. The molecule has 1 aromatic carbocycles. The molecule has 4 heteroatoms. The number of nitrogens with two attached hydrogens (primary N) is 1. The molecule has 0 saturated carbocycles. The molecule has 0 bridgehead atoms. The van der Waals surface area contributed by atoms with E-state index in [2.05, 4.69) is 18.9 Å². The Kier molecular flexibility index (Phi) is 4.79. The van der Waals surface area contributed by atoms with Crippen molar-refractivity contribution in [1.82, 2.24) is 9.78 Å².